The van der Waals surface area contributed by atoms with Crippen LogP contribution >= 0.6 is 0 Å². The normalized spacial score (nSPS) is 11.0. The summed E-state index contributed by atoms with van der Waals surface area (Å²) in [7, 11) is 0. The van der Waals surface area contributed by atoms with E-state index in [2.05, 4.69) is 15.4 Å². The largest absolute Gasteiger partial charge is 0.352 e. The van der Waals surface area contributed by atoms with Gasteiger partial charge in [-0.1, -0.05) is 30.3 Å². The molecule has 0 atom stereocenters. The van der Waals surface area contributed by atoms with E-state index in [4.69, 9.17) is 0 Å². The van der Waals surface area contributed by atoms with Gasteiger partial charge in [-0.05, 0) is 33.8 Å². The molecule has 0 saturated heterocycles. The Balaban J connectivity index is 2.16. The van der Waals surface area contributed by atoms with Gasteiger partial charge in [-0.3, -0.25) is 14.2 Å². The molecule has 27 heavy (non-hydrogen) atoms. The van der Waals surface area contributed by atoms with E-state index in [9.17, 15) is 9.59 Å². The van der Waals surface area contributed by atoms with Gasteiger partial charge in [0.05, 0.1) is 11.4 Å². The molecule has 0 bridgehead atoms. The molecule has 3 aromatic rings. The number of rotatable bonds is 5. The predicted molar refractivity (Wildman–Crippen MR) is 104 cm³/mol. The van der Waals surface area contributed by atoms with Gasteiger partial charge in [0, 0.05) is 23.4 Å². The number of aryl methyl sites for hydroxylation is 2. The van der Waals surface area contributed by atoms with Crippen molar-refractivity contribution in [3.8, 4) is 17.2 Å². The quantitative estimate of drug-likeness (QED) is 0.752. The first-order chi connectivity index (χ1) is 12.8. The van der Waals surface area contributed by atoms with Crippen LogP contribution in [-0.4, -0.2) is 31.3 Å². The lowest BCUT2D eigenvalue weighted by atomic mass is 10.1. The van der Waals surface area contributed by atoms with E-state index in [0.717, 1.165) is 17.0 Å². The Hall–Kier alpha value is -3.22. The molecule has 7 nitrogen and oxygen atoms in total. The van der Waals surface area contributed by atoms with Crippen LogP contribution in [0.2, 0.25) is 0 Å². The highest BCUT2D eigenvalue weighted by Crippen LogP contribution is 2.17. The van der Waals surface area contributed by atoms with E-state index < -0.39 is 0 Å². The SMILES string of the molecule is Cc1cc(C)n(-c2nc(-c3ccccc3)cc(=O)n2CC(=O)NC(C)C)n1. The van der Waals surface area contributed by atoms with E-state index in [1.807, 2.05) is 64.1 Å². The van der Waals surface area contributed by atoms with Crippen LogP contribution in [0.4, 0.5) is 0 Å². The third-order valence-corrected chi connectivity index (χ3v) is 4.01. The monoisotopic (exact) mass is 365 g/mol. The predicted octanol–water partition coefficient (Wildman–Crippen LogP) is 2.24. The Morgan fingerprint density at radius 1 is 1.15 bits per heavy atom. The number of hydrogen-bond acceptors (Lipinski definition) is 4. The average Bonchev–Trinajstić information content (AvgIpc) is 2.94. The molecule has 0 fully saturated rings. The molecule has 1 N–H and O–H groups in total. The Bertz CT molecular complexity index is 1020. The van der Waals surface area contributed by atoms with Crippen molar-refractivity contribution in [1.29, 1.82) is 0 Å². The van der Waals surface area contributed by atoms with Gasteiger partial charge in [-0.25, -0.2) is 9.67 Å². The topological polar surface area (TPSA) is 81.8 Å². The minimum Gasteiger partial charge on any atom is -0.352 e. The molecular weight excluding hydrogens is 342 g/mol. The van der Waals surface area contributed by atoms with Gasteiger partial charge >= 0.3 is 0 Å². The molecule has 7 heteroatoms. The van der Waals surface area contributed by atoms with Crippen molar-refractivity contribution in [3.63, 3.8) is 0 Å². The summed E-state index contributed by atoms with van der Waals surface area (Å²) in [5.41, 5.74) is 2.72. The lowest BCUT2D eigenvalue weighted by molar-refractivity contribution is -0.122. The van der Waals surface area contributed by atoms with E-state index >= 15 is 0 Å². The molecule has 3 rings (SSSR count). The maximum atomic E-state index is 12.8. The number of aromatic nitrogens is 4. The maximum absolute atomic E-state index is 12.8. The van der Waals surface area contributed by atoms with Crippen LogP contribution in [-0.2, 0) is 11.3 Å². The van der Waals surface area contributed by atoms with E-state index in [1.54, 1.807) is 4.68 Å². The van der Waals surface area contributed by atoms with Gasteiger partial charge < -0.3 is 5.32 Å². The molecule has 0 aliphatic carbocycles. The summed E-state index contributed by atoms with van der Waals surface area (Å²) in [6, 6.07) is 12.8. The summed E-state index contributed by atoms with van der Waals surface area (Å²) in [4.78, 5) is 29.8. The van der Waals surface area contributed by atoms with Crippen LogP contribution in [0.1, 0.15) is 25.2 Å². The first-order valence-corrected chi connectivity index (χ1v) is 8.85. The van der Waals surface area contributed by atoms with Crippen LogP contribution in [0.3, 0.4) is 0 Å². The van der Waals surface area contributed by atoms with Crippen LogP contribution in [0.15, 0.2) is 47.3 Å². The van der Waals surface area contributed by atoms with Crippen molar-refractivity contribution in [2.24, 2.45) is 0 Å². The van der Waals surface area contributed by atoms with Crippen LogP contribution in [0, 0.1) is 13.8 Å². The number of benzene rings is 1. The summed E-state index contributed by atoms with van der Waals surface area (Å²) in [5, 5.41) is 7.26. The summed E-state index contributed by atoms with van der Waals surface area (Å²) in [5.74, 6) is 0.0787. The lowest BCUT2D eigenvalue weighted by Crippen LogP contribution is -2.37. The zero-order valence-electron chi connectivity index (χ0n) is 15.9. The smallest absolute Gasteiger partial charge is 0.256 e. The first kappa shape index (κ1) is 18.6. The third-order valence-electron chi connectivity index (χ3n) is 4.01. The molecule has 2 aromatic heterocycles. The molecule has 2 heterocycles. The summed E-state index contributed by atoms with van der Waals surface area (Å²) in [6.07, 6.45) is 0. The summed E-state index contributed by atoms with van der Waals surface area (Å²) >= 11 is 0. The fraction of sp³-hybridized carbons (Fsp3) is 0.300. The van der Waals surface area contributed by atoms with Gasteiger partial charge in [-0.15, -0.1) is 0 Å². The second kappa shape index (κ2) is 7.57. The highest BCUT2D eigenvalue weighted by atomic mass is 16.2. The average molecular weight is 365 g/mol. The number of carbonyl (C=O) groups excluding carboxylic acids is 1. The molecule has 0 unspecified atom stereocenters. The van der Waals surface area contributed by atoms with Crippen LogP contribution in [0.25, 0.3) is 17.2 Å². The minimum absolute atomic E-state index is 0.0121. The molecule has 140 valence electrons. The molecular formula is C20H23N5O2. The van der Waals surface area contributed by atoms with Crippen LogP contribution in [0.5, 0.6) is 0 Å². The Morgan fingerprint density at radius 2 is 1.85 bits per heavy atom. The van der Waals surface area contributed by atoms with Gasteiger partial charge in [0.25, 0.3) is 5.56 Å². The van der Waals surface area contributed by atoms with Crippen molar-refractivity contribution in [2.45, 2.75) is 40.3 Å². The second-order valence-electron chi connectivity index (χ2n) is 6.79. The Kier molecular flexibility index (Phi) is 5.21. The summed E-state index contributed by atoms with van der Waals surface area (Å²) in [6.45, 7) is 7.39. The minimum atomic E-state index is -0.301. The fourth-order valence-electron chi connectivity index (χ4n) is 2.90. The van der Waals surface area contributed by atoms with Crippen molar-refractivity contribution >= 4 is 5.91 Å². The lowest BCUT2D eigenvalue weighted by Gasteiger charge is -2.15. The molecule has 0 aliphatic heterocycles. The number of hydrogen-bond donors (Lipinski definition) is 1. The Morgan fingerprint density at radius 3 is 2.44 bits per heavy atom. The van der Waals surface area contributed by atoms with Gasteiger partial charge in [0.15, 0.2) is 0 Å². The molecule has 1 amide bonds. The van der Waals surface area contributed by atoms with Crippen LogP contribution < -0.4 is 10.9 Å². The number of nitrogens with one attached hydrogen (secondary N) is 1. The zero-order valence-corrected chi connectivity index (χ0v) is 15.9. The highest BCUT2D eigenvalue weighted by molar-refractivity contribution is 5.76. The van der Waals surface area contributed by atoms with Crippen molar-refractivity contribution in [2.75, 3.05) is 0 Å². The molecule has 1 aromatic carbocycles. The summed E-state index contributed by atoms with van der Waals surface area (Å²) < 4.78 is 2.95. The van der Waals surface area contributed by atoms with Gasteiger partial charge in [0.1, 0.15) is 6.54 Å². The van der Waals surface area contributed by atoms with Gasteiger partial charge in [-0.2, -0.15) is 5.10 Å². The van der Waals surface area contributed by atoms with Gasteiger partial charge in [0.2, 0.25) is 11.9 Å². The first-order valence-electron chi connectivity index (χ1n) is 8.85. The molecule has 0 radical (unpaired) electrons. The van der Waals surface area contributed by atoms with E-state index in [-0.39, 0.29) is 24.1 Å². The zero-order chi connectivity index (χ0) is 19.6. The van der Waals surface area contributed by atoms with E-state index in [1.165, 1.54) is 10.6 Å². The van der Waals surface area contributed by atoms with Crippen molar-refractivity contribution in [3.05, 3.63) is 64.2 Å². The standard InChI is InChI=1S/C20H23N5O2/c1-13(2)21-18(26)12-24-19(27)11-17(16-8-6-5-7-9-16)22-20(24)25-15(4)10-14(3)23-25/h5-11,13H,12H2,1-4H3,(H,21,26). The Labute approximate surface area is 157 Å². The maximum Gasteiger partial charge on any atom is 0.256 e. The van der Waals surface area contributed by atoms with Crippen molar-refractivity contribution in [1.82, 2.24) is 24.6 Å². The number of carbonyl (C=O) groups is 1. The molecule has 0 spiro atoms. The second-order valence-corrected chi connectivity index (χ2v) is 6.79. The molecule has 0 aliphatic rings. The molecule has 0 saturated carbocycles. The fourth-order valence-corrected chi connectivity index (χ4v) is 2.90. The van der Waals surface area contributed by atoms with E-state index in [0.29, 0.717) is 11.6 Å². The number of amides is 1. The number of nitrogens with zero attached hydrogens (tertiary/aromatic N) is 4. The third kappa shape index (κ3) is 4.13. The van der Waals surface area contributed by atoms with Crippen molar-refractivity contribution < 1.29 is 4.79 Å². The highest BCUT2D eigenvalue weighted by Gasteiger charge is 2.17.